The molecule has 0 spiro atoms. The Bertz CT molecular complexity index is 478. The number of hydrazine groups is 1. The number of aryl methyl sites for hydroxylation is 1. The molecule has 0 saturated heterocycles. The molecule has 2 rings (SSSR count). The van der Waals surface area contributed by atoms with E-state index in [0.29, 0.717) is 0 Å². The summed E-state index contributed by atoms with van der Waals surface area (Å²) in [6, 6.07) is 6.65. The van der Waals surface area contributed by atoms with Gasteiger partial charge in [0.1, 0.15) is 0 Å². The van der Waals surface area contributed by atoms with Crippen molar-refractivity contribution in [2.45, 2.75) is 25.8 Å². The lowest BCUT2D eigenvalue weighted by Crippen LogP contribution is -2.28. The molecule has 0 aliphatic carbocycles. The van der Waals surface area contributed by atoms with Crippen LogP contribution < -0.4 is 11.3 Å². The molecular weight excluding hydrogens is 316 g/mol. The van der Waals surface area contributed by atoms with Crippen molar-refractivity contribution in [3.63, 3.8) is 0 Å². The fourth-order valence-electron chi connectivity index (χ4n) is 1.67. The van der Waals surface area contributed by atoms with Gasteiger partial charge in [0.25, 0.3) is 0 Å². The maximum Gasteiger partial charge on any atom is 0.0601 e. The van der Waals surface area contributed by atoms with Crippen LogP contribution in [0.1, 0.15) is 27.6 Å². The van der Waals surface area contributed by atoms with Crippen LogP contribution in [-0.4, -0.2) is 0 Å². The van der Waals surface area contributed by atoms with Crippen LogP contribution in [-0.2, 0) is 12.8 Å². The molecule has 0 saturated carbocycles. The summed E-state index contributed by atoms with van der Waals surface area (Å²) in [7, 11) is 0. The number of nitrogens with two attached hydrogens (primary N) is 1. The summed E-state index contributed by atoms with van der Waals surface area (Å²) in [5.41, 5.74) is 2.92. The topological polar surface area (TPSA) is 38.0 Å². The van der Waals surface area contributed by atoms with Gasteiger partial charge in [-0.1, -0.05) is 6.92 Å². The molecular formula is C12H15BrN2S2. The molecule has 0 bridgehead atoms. The highest BCUT2D eigenvalue weighted by Gasteiger charge is 2.15. The van der Waals surface area contributed by atoms with Crippen molar-refractivity contribution in [3.8, 4) is 0 Å². The summed E-state index contributed by atoms with van der Waals surface area (Å²) >= 11 is 7.16. The SMILES string of the molecule is CCc1ccc(C(Cc2sccc2Br)NN)s1. The molecule has 1 atom stereocenters. The van der Waals surface area contributed by atoms with Crippen LogP contribution in [0, 0.1) is 0 Å². The Morgan fingerprint density at radius 3 is 2.76 bits per heavy atom. The predicted octanol–water partition coefficient (Wildman–Crippen LogP) is 3.88. The van der Waals surface area contributed by atoms with Crippen molar-refractivity contribution in [2.75, 3.05) is 0 Å². The highest BCUT2D eigenvalue weighted by atomic mass is 79.9. The molecule has 17 heavy (non-hydrogen) atoms. The number of hydrogen-bond acceptors (Lipinski definition) is 4. The fourth-order valence-corrected chi connectivity index (χ4v) is 4.24. The molecule has 2 aromatic rings. The molecule has 0 aliphatic heterocycles. The molecule has 1 unspecified atom stereocenters. The fraction of sp³-hybridized carbons (Fsp3) is 0.333. The zero-order valence-corrected chi connectivity index (χ0v) is 12.8. The van der Waals surface area contributed by atoms with E-state index in [4.69, 9.17) is 5.84 Å². The van der Waals surface area contributed by atoms with Crippen molar-refractivity contribution in [1.82, 2.24) is 5.43 Å². The van der Waals surface area contributed by atoms with Gasteiger partial charge in [0.15, 0.2) is 0 Å². The highest BCUT2D eigenvalue weighted by Crippen LogP contribution is 2.30. The Morgan fingerprint density at radius 2 is 2.24 bits per heavy atom. The van der Waals surface area contributed by atoms with Crippen LogP contribution >= 0.6 is 38.6 Å². The third-order valence-electron chi connectivity index (χ3n) is 2.66. The number of halogens is 1. The molecule has 92 valence electrons. The van der Waals surface area contributed by atoms with E-state index in [1.807, 2.05) is 11.3 Å². The Morgan fingerprint density at radius 1 is 1.41 bits per heavy atom. The predicted molar refractivity (Wildman–Crippen MR) is 79.5 cm³/mol. The second kappa shape index (κ2) is 6.11. The second-order valence-electron chi connectivity index (χ2n) is 3.77. The Hall–Kier alpha value is -0.200. The zero-order valence-electron chi connectivity index (χ0n) is 9.57. The molecule has 0 amide bonds. The molecule has 0 radical (unpaired) electrons. The summed E-state index contributed by atoms with van der Waals surface area (Å²) in [5.74, 6) is 5.67. The molecule has 5 heteroatoms. The summed E-state index contributed by atoms with van der Waals surface area (Å²) in [4.78, 5) is 4.05. The van der Waals surface area contributed by atoms with Crippen LogP contribution in [0.15, 0.2) is 28.1 Å². The number of hydrogen-bond donors (Lipinski definition) is 2. The zero-order chi connectivity index (χ0) is 12.3. The molecule has 2 aromatic heterocycles. The van der Waals surface area contributed by atoms with Crippen molar-refractivity contribution in [1.29, 1.82) is 0 Å². The highest BCUT2D eigenvalue weighted by molar-refractivity contribution is 9.10. The first-order chi connectivity index (χ1) is 8.24. The quantitative estimate of drug-likeness (QED) is 0.644. The largest absolute Gasteiger partial charge is 0.271 e. The Kier molecular flexibility index (Phi) is 4.76. The van der Waals surface area contributed by atoms with Crippen molar-refractivity contribution in [2.24, 2.45) is 5.84 Å². The van der Waals surface area contributed by atoms with Gasteiger partial charge < -0.3 is 0 Å². The summed E-state index contributed by atoms with van der Waals surface area (Å²) < 4.78 is 1.18. The normalized spacial score (nSPS) is 12.9. The molecule has 0 fully saturated rings. The van der Waals surface area contributed by atoms with Gasteiger partial charge in [-0.3, -0.25) is 11.3 Å². The van der Waals surface area contributed by atoms with Gasteiger partial charge in [0.2, 0.25) is 0 Å². The average Bonchev–Trinajstić information content (AvgIpc) is 2.95. The minimum Gasteiger partial charge on any atom is -0.271 e. The lowest BCUT2D eigenvalue weighted by atomic mass is 10.1. The van der Waals surface area contributed by atoms with E-state index in [1.165, 1.54) is 19.1 Å². The van der Waals surface area contributed by atoms with Gasteiger partial charge in [0.05, 0.1) is 6.04 Å². The van der Waals surface area contributed by atoms with E-state index < -0.39 is 0 Å². The van der Waals surface area contributed by atoms with Gasteiger partial charge >= 0.3 is 0 Å². The van der Waals surface area contributed by atoms with Crippen LogP contribution in [0.4, 0.5) is 0 Å². The van der Waals surface area contributed by atoms with Crippen LogP contribution in [0.2, 0.25) is 0 Å². The molecule has 2 nitrogen and oxygen atoms in total. The average molecular weight is 331 g/mol. The monoisotopic (exact) mass is 330 g/mol. The minimum absolute atomic E-state index is 0.204. The van der Waals surface area contributed by atoms with Gasteiger partial charge in [-0.05, 0) is 45.9 Å². The van der Waals surface area contributed by atoms with E-state index >= 15 is 0 Å². The standard InChI is InChI=1S/C12H15BrN2S2/c1-2-8-3-4-11(17-8)10(15-14)7-12-9(13)5-6-16-12/h3-6,10,15H,2,7,14H2,1H3. The van der Waals surface area contributed by atoms with Crippen LogP contribution in [0.5, 0.6) is 0 Å². The van der Waals surface area contributed by atoms with Crippen LogP contribution in [0.25, 0.3) is 0 Å². The van der Waals surface area contributed by atoms with Crippen LogP contribution in [0.3, 0.4) is 0 Å². The first-order valence-electron chi connectivity index (χ1n) is 5.51. The third-order valence-corrected chi connectivity index (χ3v) is 5.95. The van der Waals surface area contributed by atoms with E-state index in [1.54, 1.807) is 11.3 Å². The molecule has 3 N–H and O–H groups in total. The Balaban J connectivity index is 2.14. The number of nitrogens with one attached hydrogen (secondary N) is 1. The summed E-state index contributed by atoms with van der Waals surface area (Å²) in [6.45, 7) is 2.18. The molecule has 2 heterocycles. The van der Waals surface area contributed by atoms with E-state index in [9.17, 15) is 0 Å². The minimum atomic E-state index is 0.204. The smallest absolute Gasteiger partial charge is 0.0601 e. The van der Waals surface area contributed by atoms with Gasteiger partial charge in [0, 0.05) is 25.5 Å². The summed E-state index contributed by atoms with van der Waals surface area (Å²) in [5, 5.41) is 2.10. The first kappa shape index (κ1) is 13.2. The summed E-state index contributed by atoms with van der Waals surface area (Å²) in [6.07, 6.45) is 2.02. The molecule has 0 aromatic carbocycles. The number of thiophene rings is 2. The van der Waals surface area contributed by atoms with Crippen molar-refractivity contribution >= 4 is 38.6 Å². The number of rotatable bonds is 5. The maximum atomic E-state index is 5.67. The second-order valence-corrected chi connectivity index (χ2v) is 6.83. The third kappa shape index (κ3) is 3.17. The van der Waals surface area contributed by atoms with Gasteiger partial charge in [-0.2, -0.15) is 0 Å². The lowest BCUT2D eigenvalue weighted by Gasteiger charge is -2.13. The van der Waals surface area contributed by atoms with E-state index in [-0.39, 0.29) is 6.04 Å². The van der Waals surface area contributed by atoms with E-state index in [2.05, 4.69) is 51.9 Å². The maximum absolute atomic E-state index is 5.67. The van der Waals surface area contributed by atoms with Gasteiger partial charge in [-0.25, -0.2) is 0 Å². The first-order valence-corrected chi connectivity index (χ1v) is 8.00. The lowest BCUT2D eigenvalue weighted by molar-refractivity contribution is 0.563. The van der Waals surface area contributed by atoms with Crippen molar-refractivity contribution < 1.29 is 0 Å². The van der Waals surface area contributed by atoms with Gasteiger partial charge in [-0.15, -0.1) is 22.7 Å². The van der Waals surface area contributed by atoms with E-state index in [0.717, 1.165) is 12.8 Å². The van der Waals surface area contributed by atoms with Crippen molar-refractivity contribution in [3.05, 3.63) is 42.7 Å². The Labute approximate surface area is 118 Å². The molecule has 0 aliphatic rings.